The highest BCUT2D eigenvalue weighted by Gasteiger charge is 2.42. The molecule has 0 aliphatic carbocycles. The monoisotopic (exact) mass is 450 g/mol. The van der Waals surface area contributed by atoms with E-state index in [9.17, 15) is 4.79 Å². The summed E-state index contributed by atoms with van der Waals surface area (Å²) in [5.74, 6) is 2.39. The minimum Gasteiger partial charge on any atom is -0.454 e. The minimum absolute atomic E-state index is 0.0604. The van der Waals surface area contributed by atoms with Gasteiger partial charge in [-0.3, -0.25) is 14.4 Å². The summed E-state index contributed by atoms with van der Waals surface area (Å²) in [5, 5.41) is 10.0. The van der Waals surface area contributed by atoms with Crippen LogP contribution in [0.25, 0.3) is 10.6 Å². The number of nitrogens with zero attached hydrogens (tertiary/aromatic N) is 3. The van der Waals surface area contributed by atoms with Crippen molar-refractivity contribution in [3.05, 3.63) is 53.0 Å². The van der Waals surface area contributed by atoms with Crippen LogP contribution in [0.4, 0.5) is 0 Å². The van der Waals surface area contributed by atoms with E-state index in [1.54, 1.807) is 29.5 Å². The lowest BCUT2D eigenvalue weighted by Crippen LogP contribution is -2.56. The SMILES string of the molecule is Cn1nc(-c2cccs2)cc1C1CN2CCC1CC2CNC(=O)c1ccc2c(c1)OCO2. The summed E-state index contributed by atoms with van der Waals surface area (Å²) in [5.41, 5.74) is 3.01. The van der Waals surface area contributed by atoms with Gasteiger partial charge in [0, 0.05) is 43.4 Å². The number of aryl methyl sites for hydroxylation is 1. The number of carbonyl (C=O) groups is 1. The Bertz CT molecular complexity index is 1140. The zero-order chi connectivity index (χ0) is 21.7. The van der Waals surface area contributed by atoms with Crippen molar-refractivity contribution in [1.82, 2.24) is 20.0 Å². The molecule has 166 valence electrons. The fourth-order valence-corrected chi connectivity index (χ4v) is 6.09. The van der Waals surface area contributed by atoms with Crippen molar-refractivity contribution >= 4 is 17.2 Å². The molecule has 6 heterocycles. The van der Waals surface area contributed by atoms with Gasteiger partial charge in [-0.05, 0) is 61.0 Å². The molecule has 4 atom stereocenters. The Hall–Kier alpha value is -2.84. The van der Waals surface area contributed by atoms with Crippen LogP contribution in [-0.4, -0.2) is 53.1 Å². The van der Waals surface area contributed by atoms with Gasteiger partial charge >= 0.3 is 0 Å². The molecule has 3 fully saturated rings. The molecule has 0 radical (unpaired) electrons. The predicted octanol–water partition coefficient (Wildman–Crippen LogP) is 3.49. The predicted molar refractivity (Wildman–Crippen MR) is 122 cm³/mol. The molecule has 7 rings (SSSR count). The Balaban J connectivity index is 1.11. The van der Waals surface area contributed by atoms with Gasteiger partial charge in [-0.25, -0.2) is 0 Å². The van der Waals surface area contributed by atoms with E-state index in [4.69, 9.17) is 14.6 Å². The molecule has 3 aromatic rings. The Morgan fingerprint density at radius 3 is 2.97 bits per heavy atom. The van der Waals surface area contributed by atoms with Crippen molar-refractivity contribution in [2.45, 2.75) is 24.8 Å². The molecule has 3 saturated heterocycles. The number of benzene rings is 1. The van der Waals surface area contributed by atoms with Gasteiger partial charge in [0.25, 0.3) is 5.91 Å². The third kappa shape index (κ3) is 3.47. The zero-order valence-electron chi connectivity index (χ0n) is 18.0. The number of fused-ring (bicyclic) bond motifs is 4. The lowest BCUT2D eigenvalue weighted by atomic mass is 9.74. The second kappa shape index (κ2) is 7.94. The van der Waals surface area contributed by atoms with E-state index >= 15 is 0 Å². The van der Waals surface area contributed by atoms with Gasteiger partial charge in [-0.15, -0.1) is 11.3 Å². The van der Waals surface area contributed by atoms with E-state index < -0.39 is 0 Å². The Labute approximate surface area is 190 Å². The molecule has 1 N–H and O–H groups in total. The normalized spacial score (nSPS) is 25.8. The quantitative estimate of drug-likeness (QED) is 0.645. The number of aromatic nitrogens is 2. The van der Waals surface area contributed by atoms with Gasteiger partial charge in [0.1, 0.15) is 5.69 Å². The van der Waals surface area contributed by atoms with Crippen LogP contribution in [0, 0.1) is 5.92 Å². The molecule has 4 aliphatic rings. The summed E-state index contributed by atoms with van der Waals surface area (Å²) < 4.78 is 12.8. The van der Waals surface area contributed by atoms with E-state index in [0.717, 1.165) is 25.2 Å². The molecule has 4 unspecified atom stereocenters. The average molecular weight is 451 g/mol. The number of hydrogen-bond donors (Lipinski definition) is 1. The Morgan fingerprint density at radius 2 is 2.16 bits per heavy atom. The number of piperidine rings is 3. The number of hydrogen-bond acceptors (Lipinski definition) is 6. The highest BCUT2D eigenvalue weighted by atomic mass is 32.1. The van der Waals surface area contributed by atoms with Crippen LogP contribution in [0.15, 0.2) is 41.8 Å². The van der Waals surface area contributed by atoms with Gasteiger partial charge in [-0.1, -0.05) is 6.07 Å². The third-order valence-electron chi connectivity index (χ3n) is 7.08. The van der Waals surface area contributed by atoms with E-state index in [1.807, 2.05) is 0 Å². The fourth-order valence-electron chi connectivity index (χ4n) is 5.41. The molecule has 4 aliphatic heterocycles. The van der Waals surface area contributed by atoms with E-state index in [0.29, 0.717) is 41.5 Å². The topological polar surface area (TPSA) is 68.6 Å². The van der Waals surface area contributed by atoms with Gasteiger partial charge in [0.05, 0.1) is 4.88 Å². The Morgan fingerprint density at radius 1 is 1.25 bits per heavy atom. The standard InChI is InChI=1S/C24H26N4O3S/c1-27-20(11-19(26-27)23-3-2-8-32-23)18-13-28-7-6-15(18)9-17(28)12-25-24(29)16-4-5-21-22(10-16)31-14-30-21/h2-5,8,10-11,15,17-18H,6-7,9,12-14H2,1H3,(H,25,29). The van der Waals surface area contributed by atoms with Gasteiger partial charge in [0.15, 0.2) is 11.5 Å². The summed E-state index contributed by atoms with van der Waals surface area (Å²) in [6.07, 6.45) is 2.31. The number of carbonyl (C=O) groups excluding carboxylic acids is 1. The molecule has 1 aromatic carbocycles. The van der Waals surface area contributed by atoms with Crippen molar-refractivity contribution in [1.29, 1.82) is 0 Å². The molecule has 0 saturated carbocycles. The minimum atomic E-state index is -0.0604. The smallest absolute Gasteiger partial charge is 0.251 e. The maximum atomic E-state index is 12.7. The van der Waals surface area contributed by atoms with Gasteiger partial charge in [-0.2, -0.15) is 5.10 Å². The number of amides is 1. The van der Waals surface area contributed by atoms with Crippen molar-refractivity contribution in [2.24, 2.45) is 13.0 Å². The third-order valence-corrected chi connectivity index (χ3v) is 7.97. The lowest BCUT2D eigenvalue weighted by Gasteiger charge is -2.50. The molecular formula is C24H26N4O3S. The summed E-state index contributed by atoms with van der Waals surface area (Å²) in [6, 6.07) is 12.2. The van der Waals surface area contributed by atoms with Crippen molar-refractivity contribution in [2.75, 3.05) is 26.4 Å². The summed E-state index contributed by atoms with van der Waals surface area (Å²) in [6.45, 7) is 3.01. The molecule has 32 heavy (non-hydrogen) atoms. The van der Waals surface area contributed by atoms with E-state index in [1.165, 1.54) is 17.0 Å². The highest BCUT2D eigenvalue weighted by molar-refractivity contribution is 7.13. The first-order valence-electron chi connectivity index (χ1n) is 11.2. The number of nitrogens with one attached hydrogen (secondary N) is 1. The van der Waals surface area contributed by atoms with E-state index in [2.05, 4.69) is 45.5 Å². The summed E-state index contributed by atoms with van der Waals surface area (Å²) >= 11 is 1.73. The van der Waals surface area contributed by atoms with Crippen molar-refractivity contribution in [3.63, 3.8) is 0 Å². The van der Waals surface area contributed by atoms with Crippen LogP contribution in [0.5, 0.6) is 11.5 Å². The van der Waals surface area contributed by atoms with Crippen LogP contribution < -0.4 is 14.8 Å². The second-order valence-electron chi connectivity index (χ2n) is 8.87. The molecular weight excluding hydrogens is 424 g/mol. The average Bonchev–Trinajstić information content (AvgIpc) is 3.57. The fraction of sp³-hybridized carbons (Fsp3) is 0.417. The maximum Gasteiger partial charge on any atom is 0.251 e. The van der Waals surface area contributed by atoms with Crippen molar-refractivity contribution < 1.29 is 14.3 Å². The molecule has 8 heteroatoms. The second-order valence-corrected chi connectivity index (χ2v) is 9.82. The molecule has 7 nitrogen and oxygen atoms in total. The number of thiophene rings is 1. The van der Waals surface area contributed by atoms with Gasteiger partial charge < -0.3 is 14.8 Å². The molecule has 2 bridgehead atoms. The van der Waals surface area contributed by atoms with Crippen LogP contribution in [0.2, 0.25) is 0 Å². The van der Waals surface area contributed by atoms with Crippen molar-refractivity contribution in [3.8, 4) is 22.1 Å². The summed E-state index contributed by atoms with van der Waals surface area (Å²) in [4.78, 5) is 16.5. The summed E-state index contributed by atoms with van der Waals surface area (Å²) in [7, 11) is 2.06. The van der Waals surface area contributed by atoms with Gasteiger partial charge in [0.2, 0.25) is 6.79 Å². The van der Waals surface area contributed by atoms with E-state index in [-0.39, 0.29) is 12.7 Å². The lowest BCUT2D eigenvalue weighted by molar-refractivity contribution is 0.0280. The molecule has 2 aromatic heterocycles. The highest BCUT2D eigenvalue weighted by Crippen LogP contribution is 2.42. The van der Waals surface area contributed by atoms with Crippen LogP contribution in [-0.2, 0) is 7.05 Å². The van der Waals surface area contributed by atoms with Crippen LogP contribution >= 0.6 is 11.3 Å². The Kier molecular flexibility index (Phi) is 4.91. The zero-order valence-corrected chi connectivity index (χ0v) is 18.8. The largest absolute Gasteiger partial charge is 0.454 e. The first-order valence-corrected chi connectivity index (χ1v) is 12.0. The first kappa shape index (κ1) is 19.8. The maximum absolute atomic E-state index is 12.7. The number of ether oxygens (including phenoxy) is 2. The molecule has 1 amide bonds. The number of rotatable bonds is 5. The van der Waals surface area contributed by atoms with Crippen LogP contribution in [0.3, 0.4) is 0 Å². The van der Waals surface area contributed by atoms with Crippen LogP contribution in [0.1, 0.15) is 34.8 Å². The first-order chi connectivity index (χ1) is 15.7. The molecule has 0 spiro atoms.